The van der Waals surface area contributed by atoms with Gasteiger partial charge in [-0.25, -0.2) is 4.79 Å². The molecule has 1 saturated heterocycles. The lowest BCUT2D eigenvalue weighted by atomic mass is 9.57. The summed E-state index contributed by atoms with van der Waals surface area (Å²) in [4.78, 5) is 49.8. The first-order chi connectivity index (χ1) is 21.4. The van der Waals surface area contributed by atoms with Gasteiger partial charge in [0.05, 0.1) is 44.0 Å². The van der Waals surface area contributed by atoms with E-state index in [0.29, 0.717) is 24.1 Å². The molecule has 4 N–H and O–H groups in total. The Morgan fingerprint density at radius 2 is 1.98 bits per heavy atom. The molecular weight excluding hydrogens is 580 g/mol. The number of rotatable bonds is 10. The van der Waals surface area contributed by atoms with Crippen molar-refractivity contribution in [3.63, 3.8) is 0 Å². The summed E-state index contributed by atoms with van der Waals surface area (Å²) in [5, 5.41) is 11.3. The van der Waals surface area contributed by atoms with Gasteiger partial charge in [0.2, 0.25) is 5.91 Å². The summed E-state index contributed by atoms with van der Waals surface area (Å²) in [7, 11) is 5.54. The number of nitrogens with one attached hydrogen (secondary N) is 1. The molecule has 12 nitrogen and oxygen atoms in total. The monoisotopic (exact) mass is 619 g/mol. The van der Waals surface area contributed by atoms with Gasteiger partial charge in [0.1, 0.15) is 18.3 Å². The summed E-state index contributed by atoms with van der Waals surface area (Å²) < 4.78 is 18.5. The summed E-state index contributed by atoms with van der Waals surface area (Å²) in [6.45, 7) is 2.10. The molecule has 5 aliphatic rings. The molecule has 2 unspecified atom stereocenters. The number of likely N-dealkylation sites (N-methyl/N-ethyl adjacent to an activating group) is 2. The molecule has 2 aromatic rings. The maximum atomic E-state index is 13.2. The number of aliphatic carboxylic acids is 1. The van der Waals surface area contributed by atoms with Gasteiger partial charge in [-0.05, 0) is 48.7 Å². The van der Waals surface area contributed by atoms with E-state index in [-0.39, 0.29) is 29.7 Å². The van der Waals surface area contributed by atoms with Crippen molar-refractivity contribution in [3.05, 3.63) is 53.1 Å². The number of carbonyl (C=O) groups is 4. The lowest BCUT2D eigenvalue weighted by Crippen LogP contribution is -2.77. The zero-order valence-electron chi connectivity index (χ0n) is 25.7. The Balaban J connectivity index is 1.00. The van der Waals surface area contributed by atoms with Crippen molar-refractivity contribution in [3.8, 4) is 17.2 Å². The van der Waals surface area contributed by atoms with E-state index >= 15 is 0 Å². The number of carboxylic acid groups (broad SMARTS) is 1. The van der Waals surface area contributed by atoms with Crippen molar-refractivity contribution in [1.29, 1.82) is 0 Å². The number of Topliss-reactive ketones (excluding diaryl/α,β-unsaturated/α-hetero) is 1. The van der Waals surface area contributed by atoms with Crippen LogP contribution in [0.4, 0.5) is 4.79 Å². The lowest BCUT2D eigenvalue weighted by Gasteiger charge is -2.62. The molecule has 2 spiro atoms. The summed E-state index contributed by atoms with van der Waals surface area (Å²) in [6, 6.07) is 11.0. The molecule has 12 heteroatoms. The van der Waals surface area contributed by atoms with Crippen LogP contribution in [-0.4, -0.2) is 97.3 Å². The second kappa shape index (κ2) is 10.2. The maximum absolute atomic E-state index is 13.2. The van der Waals surface area contributed by atoms with Crippen molar-refractivity contribution in [1.82, 2.24) is 10.2 Å². The Morgan fingerprint density at radius 3 is 2.69 bits per heavy atom. The Hall–Kier alpha value is -4.16. The first-order valence-corrected chi connectivity index (χ1v) is 15.5. The minimum absolute atomic E-state index is 0.0449. The molecule has 7 atom stereocenters. The molecule has 0 aromatic heterocycles. The molecule has 3 aliphatic carbocycles. The maximum Gasteiger partial charge on any atom is 0.415 e. The van der Waals surface area contributed by atoms with Crippen LogP contribution in [0.2, 0.25) is 0 Å². The molecule has 2 saturated carbocycles. The summed E-state index contributed by atoms with van der Waals surface area (Å²) in [5.41, 5.74) is 9.07. The molecule has 238 valence electrons. The van der Waals surface area contributed by atoms with Gasteiger partial charge < -0.3 is 39.8 Å². The van der Waals surface area contributed by atoms with E-state index in [4.69, 9.17) is 25.1 Å². The molecule has 2 aromatic carbocycles. The van der Waals surface area contributed by atoms with E-state index in [2.05, 4.69) is 18.4 Å². The Kier molecular flexibility index (Phi) is 6.68. The first kappa shape index (κ1) is 29.5. The topological polar surface area (TPSA) is 157 Å². The Labute approximate surface area is 261 Å². The third-order valence-corrected chi connectivity index (χ3v) is 11.0. The average Bonchev–Trinajstić information content (AvgIpc) is 3.58. The largest absolute Gasteiger partial charge is 0.493 e. The number of carboxylic acids is 1. The van der Waals surface area contributed by atoms with Gasteiger partial charge in [-0.15, -0.1) is 0 Å². The summed E-state index contributed by atoms with van der Waals surface area (Å²) in [5.74, 6) is 0.754. The van der Waals surface area contributed by atoms with Crippen molar-refractivity contribution in [2.75, 3.05) is 40.8 Å². The number of hydrogen-bond acceptors (Lipinski definition) is 8. The molecule has 3 fully saturated rings. The minimum atomic E-state index is -1.16. The molecule has 2 aliphatic heterocycles. The van der Waals surface area contributed by atoms with Crippen LogP contribution in [0.5, 0.6) is 17.2 Å². The minimum Gasteiger partial charge on any atom is -0.493 e. The van der Waals surface area contributed by atoms with E-state index in [1.165, 1.54) is 16.0 Å². The van der Waals surface area contributed by atoms with Crippen molar-refractivity contribution in [2.45, 2.75) is 61.2 Å². The number of nitrogens with two attached hydrogens (primary N) is 1. The fraction of sp³-hybridized carbons (Fsp3) is 0.515. The van der Waals surface area contributed by atoms with Crippen LogP contribution in [-0.2, 0) is 31.8 Å². The molecular formula is C33H39N4O8+. The van der Waals surface area contributed by atoms with E-state index in [0.717, 1.165) is 47.5 Å². The van der Waals surface area contributed by atoms with Gasteiger partial charge in [0, 0.05) is 43.6 Å². The average molecular weight is 620 g/mol. The smallest absolute Gasteiger partial charge is 0.415 e. The molecule has 2 amide bonds. The van der Waals surface area contributed by atoms with Crippen LogP contribution in [0.1, 0.15) is 42.4 Å². The highest BCUT2D eigenvalue weighted by atomic mass is 16.6. The second-order valence-corrected chi connectivity index (χ2v) is 13.7. The number of carbonyl (C=O) groups excluding carboxylic acids is 3. The summed E-state index contributed by atoms with van der Waals surface area (Å²) in [6.07, 6.45) is 0.937. The highest BCUT2D eigenvalue weighted by Gasteiger charge is 2.85. The van der Waals surface area contributed by atoms with Gasteiger partial charge in [0.15, 0.2) is 23.4 Å². The molecule has 0 radical (unpaired) electrons. The van der Waals surface area contributed by atoms with Crippen molar-refractivity contribution in [2.24, 2.45) is 11.7 Å². The second-order valence-electron chi connectivity index (χ2n) is 13.7. The highest BCUT2D eigenvalue weighted by Crippen LogP contribution is 2.77. The van der Waals surface area contributed by atoms with Gasteiger partial charge in [-0.3, -0.25) is 14.4 Å². The van der Waals surface area contributed by atoms with Gasteiger partial charge in [-0.1, -0.05) is 6.07 Å². The zero-order chi connectivity index (χ0) is 31.9. The first-order valence-electron chi connectivity index (χ1n) is 15.5. The number of methoxy groups -OCH3 is 1. The fourth-order valence-corrected chi connectivity index (χ4v) is 9.67. The Morgan fingerprint density at radius 1 is 1.22 bits per heavy atom. The van der Waals surface area contributed by atoms with Crippen LogP contribution < -0.4 is 25.3 Å². The predicted molar refractivity (Wildman–Crippen MR) is 160 cm³/mol. The number of amides is 2. The highest BCUT2D eigenvalue weighted by molar-refractivity contribution is 5.90. The molecule has 2 heterocycles. The third-order valence-electron chi connectivity index (χ3n) is 11.0. The van der Waals surface area contributed by atoms with Gasteiger partial charge in [0.25, 0.3) is 0 Å². The number of ketones is 1. The zero-order valence-corrected chi connectivity index (χ0v) is 25.7. The van der Waals surface area contributed by atoms with E-state index in [1.807, 2.05) is 18.2 Å². The normalized spacial score (nSPS) is 31.6. The number of quaternary nitrogens is 1. The fourth-order valence-electron chi connectivity index (χ4n) is 9.67. The van der Waals surface area contributed by atoms with Crippen molar-refractivity contribution >= 4 is 23.8 Å². The molecule has 2 bridgehead atoms. The van der Waals surface area contributed by atoms with Crippen LogP contribution in [0, 0.1) is 5.92 Å². The molecule has 7 rings (SSSR count). The van der Waals surface area contributed by atoms with Crippen LogP contribution in [0.25, 0.3) is 0 Å². The quantitative estimate of drug-likeness (QED) is 0.337. The van der Waals surface area contributed by atoms with Gasteiger partial charge >= 0.3 is 12.1 Å². The molecule has 45 heavy (non-hydrogen) atoms. The van der Waals surface area contributed by atoms with E-state index in [1.54, 1.807) is 26.3 Å². The van der Waals surface area contributed by atoms with Crippen molar-refractivity contribution < 1.29 is 43.0 Å². The van der Waals surface area contributed by atoms with Crippen LogP contribution in [0.3, 0.4) is 0 Å². The standard InChI is InChI=1S/C33H38N4O8/c1-36(13-12-35-30(41)22(34)14-25(39)40)31(42)44-19-6-4-18(5-7-19)15-37(2)17-32-16-33-21(28(32)37)8-10-23(38)29(33)45-27-24(43-3)11-9-20(32)26(27)33/h4-7,9,11,21-22,28-29H,8,10,12-17,34H2,1-3H3,(H-,35,39,40,41)/p+1/t21-,22-,28?,29-,32?,33-,37-/m0/s1. The van der Waals surface area contributed by atoms with E-state index in [9.17, 15) is 19.2 Å². The SMILES string of the molecule is COc1ccc2c3c1O[C@H]1C(=O)CC[C@H]4C5C2(C[C@]314)C[N@+]5(C)Cc1ccc(OC(=O)N(C)CCNC(=O)[C@@H](N)CC(=O)O)cc1. The number of ether oxygens (including phenoxy) is 3. The van der Waals surface area contributed by atoms with Crippen LogP contribution >= 0.6 is 0 Å². The lowest BCUT2D eigenvalue weighted by molar-refractivity contribution is -0.999. The Bertz CT molecular complexity index is 1610. The number of likely N-dealkylation sites (tertiary alicyclic amines) is 1. The number of hydrogen-bond donors (Lipinski definition) is 3. The van der Waals surface area contributed by atoms with Gasteiger partial charge in [-0.2, -0.15) is 0 Å². The van der Waals surface area contributed by atoms with E-state index < -0.39 is 36.5 Å². The van der Waals surface area contributed by atoms with Crippen LogP contribution in [0.15, 0.2) is 36.4 Å². The number of nitrogens with zero attached hydrogens (tertiary/aromatic N) is 2. The number of benzene rings is 2. The predicted octanol–water partition coefficient (Wildman–Crippen LogP) is 1.71. The number of fused-ring (bicyclic) bond motifs is 1. The summed E-state index contributed by atoms with van der Waals surface area (Å²) >= 11 is 0. The third kappa shape index (κ3) is 4.18.